The minimum atomic E-state index is -0.00195. The largest absolute Gasteiger partial charge is 0.395 e. The summed E-state index contributed by atoms with van der Waals surface area (Å²) >= 11 is 1.81. The Morgan fingerprint density at radius 3 is 2.62 bits per heavy atom. The molecule has 1 rings (SSSR count). The van der Waals surface area contributed by atoms with Gasteiger partial charge in [-0.05, 0) is 27.2 Å². The molecule has 0 fully saturated rings. The molecule has 0 amide bonds. The minimum Gasteiger partial charge on any atom is -0.395 e. The first kappa shape index (κ1) is 13.6. The number of β-amino-alcohol motifs (C(OH)–C–C–N with tert-alkyl or cyclic N) is 1. The minimum absolute atomic E-state index is 0.00195. The number of aryl methyl sites for hydroxylation is 2. The maximum atomic E-state index is 8.81. The van der Waals surface area contributed by atoms with Crippen molar-refractivity contribution >= 4 is 11.3 Å². The lowest BCUT2D eigenvalue weighted by Gasteiger charge is -2.24. The summed E-state index contributed by atoms with van der Waals surface area (Å²) in [5, 5.41) is 13.3. The number of aromatic nitrogens is 1. The Balaban J connectivity index is 2.64. The number of aliphatic hydroxyl groups excluding tert-OH is 1. The maximum Gasteiger partial charge on any atom is 0.0949 e. The highest BCUT2D eigenvalue weighted by molar-refractivity contribution is 7.11. The van der Waals surface area contributed by atoms with Crippen LogP contribution in [0.3, 0.4) is 0 Å². The van der Waals surface area contributed by atoms with Crippen molar-refractivity contribution in [3.8, 4) is 0 Å². The predicted molar refractivity (Wildman–Crippen MR) is 69.1 cm³/mol. The quantitative estimate of drug-likeness (QED) is 0.801. The van der Waals surface area contributed by atoms with E-state index in [0.717, 1.165) is 12.8 Å². The Labute approximate surface area is 102 Å². The van der Waals surface area contributed by atoms with Gasteiger partial charge in [-0.25, -0.2) is 4.98 Å². The van der Waals surface area contributed by atoms with E-state index in [-0.39, 0.29) is 12.1 Å². The van der Waals surface area contributed by atoms with Gasteiger partial charge in [-0.1, -0.05) is 6.92 Å². The monoisotopic (exact) mass is 242 g/mol. The van der Waals surface area contributed by atoms with Gasteiger partial charge in [-0.15, -0.1) is 11.3 Å². The van der Waals surface area contributed by atoms with Crippen LogP contribution in [0.4, 0.5) is 0 Å². The third kappa shape index (κ3) is 3.85. The molecule has 16 heavy (non-hydrogen) atoms. The van der Waals surface area contributed by atoms with Gasteiger partial charge >= 0.3 is 0 Å². The van der Waals surface area contributed by atoms with Gasteiger partial charge in [0.2, 0.25) is 0 Å². The van der Waals surface area contributed by atoms with Crippen molar-refractivity contribution in [2.45, 2.75) is 46.1 Å². The van der Waals surface area contributed by atoms with Crippen LogP contribution in [-0.2, 0) is 12.8 Å². The van der Waals surface area contributed by atoms with Gasteiger partial charge in [0.15, 0.2) is 0 Å². The number of hydrogen-bond donors (Lipinski definition) is 2. The highest BCUT2D eigenvalue weighted by Crippen LogP contribution is 2.22. The van der Waals surface area contributed by atoms with Gasteiger partial charge < -0.3 is 10.4 Å². The second kappa shape index (κ2) is 5.75. The Bertz CT molecular complexity index is 334. The molecule has 0 radical (unpaired) electrons. The molecule has 0 aliphatic heterocycles. The van der Waals surface area contributed by atoms with Crippen LogP contribution in [0.2, 0.25) is 0 Å². The van der Waals surface area contributed by atoms with E-state index in [4.69, 9.17) is 5.11 Å². The molecule has 0 atom stereocenters. The fourth-order valence-corrected chi connectivity index (χ4v) is 2.96. The van der Waals surface area contributed by atoms with E-state index in [2.05, 4.69) is 38.0 Å². The molecule has 1 heterocycles. The normalized spacial score (nSPS) is 12.1. The molecule has 0 aliphatic rings. The van der Waals surface area contributed by atoms with Crippen LogP contribution in [-0.4, -0.2) is 28.8 Å². The first-order chi connectivity index (χ1) is 7.48. The van der Waals surface area contributed by atoms with Crippen molar-refractivity contribution in [3.05, 3.63) is 15.6 Å². The number of nitrogens with one attached hydrogen (secondary N) is 1. The Kier molecular flexibility index (Phi) is 4.89. The lowest BCUT2D eigenvalue weighted by molar-refractivity contribution is 0.265. The maximum absolute atomic E-state index is 8.81. The van der Waals surface area contributed by atoms with Crippen LogP contribution in [0, 0.1) is 6.92 Å². The number of hydrogen-bond acceptors (Lipinski definition) is 4. The van der Waals surface area contributed by atoms with Crippen molar-refractivity contribution in [2.75, 3.05) is 13.2 Å². The van der Waals surface area contributed by atoms with Gasteiger partial charge in [0.25, 0.3) is 0 Å². The van der Waals surface area contributed by atoms with Gasteiger partial charge in [-0.3, -0.25) is 0 Å². The Hall–Kier alpha value is -0.450. The van der Waals surface area contributed by atoms with Crippen molar-refractivity contribution in [2.24, 2.45) is 0 Å². The summed E-state index contributed by atoms with van der Waals surface area (Å²) in [4.78, 5) is 5.97. The molecular weight excluding hydrogens is 220 g/mol. The molecule has 0 aromatic carbocycles. The third-order valence-corrected chi connectivity index (χ3v) is 3.87. The first-order valence-corrected chi connectivity index (χ1v) is 6.61. The standard InChI is InChI=1S/C12H22N2OS/c1-5-10-9(2)14-11(16-10)8-12(3,4)13-6-7-15/h13,15H,5-8H2,1-4H3. The zero-order valence-electron chi connectivity index (χ0n) is 10.6. The molecule has 0 spiro atoms. The fourth-order valence-electron chi connectivity index (χ4n) is 1.73. The molecular formula is C12H22N2OS. The molecule has 0 saturated heterocycles. The second-order valence-corrected chi connectivity index (χ2v) is 5.85. The van der Waals surface area contributed by atoms with E-state index in [0.29, 0.717) is 6.54 Å². The van der Waals surface area contributed by atoms with E-state index in [1.54, 1.807) is 11.3 Å². The van der Waals surface area contributed by atoms with Crippen molar-refractivity contribution in [1.82, 2.24) is 10.3 Å². The molecule has 0 aliphatic carbocycles. The number of thiazole rings is 1. The third-order valence-electron chi connectivity index (χ3n) is 2.57. The summed E-state index contributed by atoms with van der Waals surface area (Å²) < 4.78 is 0. The van der Waals surface area contributed by atoms with E-state index in [1.165, 1.54) is 15.6 Å². The fraction of sp³-hybridized carbons (Fsp3) is 0.750. The lowest BCUT2D eigenvalue weighted by atomic mass is 10.0. The van der Waals surface area contributed by atoms with Gasteiger partial charge in [0.05, 0.1) is 17.3 Å². The molecule has 3 nitrogen and oxygen atoms in total. The zero-order chi connectivity index (χ0) is 12.2. The highest BCUT2D eigenvalue weighted by Gasteiger charge is 2.19. The Morgan fingerprint density at radius 1 is 1.44 bits per heavy atom. The molecule has 0 unspecified atom stereocenters. The summed E-state index contributed by atoms with van der Waals surface area (Å²) in [6.07, 6.45) is 1.98. The van der Waals surface area contributed by atoms with Crippen LogP contribution in [0.25, 0.3) is 0 Å². The summed E-state index contributed by atoms with van der Waals surface area (Å²) in [7, 11) is 0. The van der Waals surface area contributed by atoms with E-state index >= 15 is 0 Å². The summed E-state index contributed by atoms with van der Waals surface area (Å²) in [6.45, 7) is 9.35. The average molecular weight is 242 g/mol. The van der Waals surface area contributed by atoms with Gasteiger partial charge in [0, 0.05) is 23.4 Å². The zero-order valence-corrected chi connectivity index (χ0v) is 11.4. The van der Waals surface area contributed by atoms with Crippen molar-refractivity contribution in [3.63, 3.8) is 0 Å². The van der Waals surface area contributed by atoms with Crippen LogP contribution in [0.5, 0.6) is 0 Å². The second-order valence-electron chi connectivity index (χ2n) is 4.68. The summed E-state index contributed by atoms with van der Waals surface area (Å²) in [5.74, 6) is 0. The Morgan fingerprint density at radius 2 is 2.12 bits per heavy atom. The van der Waals surface area contributed by atoms with Gasteiger partial charge in [0.1, 0.15) is 0 Å². The van der Waals surface area contributed by atoms with Crippen molar-refractivity contribution < 1.29 is 5.11 Å². The van der Waals surface area contributed by atoms with Crippen molar-refractivity contribution in [1.29, 1.82) is 0 Å². The number of aliphatic hydroxyl groups is 1. The van der Waals surface area contributed by atoms with Gasteiger partial charge in [-0.2, -0.15) is 0 Å². The molecule has 2 N–H and O–H groups in total. The molecule has 1 aromatic heterocycles. The molecule has 4 heteroatoms. The molecule has 92 valence electrons. The predicted octanol–water partition coefficient (Wildman–Crippen LogP) is 1.92. The SMILES string of the molecule is CCc1sc(CC(C)(C)NCCO)nc1C. The van der Waals surface area contributed by atoms with Crippen LogP contribution in [0.1, 0.15) is 36.3 Å². The average Bonchev–Trinajstić information content (AvgIpc) is 2.55. The smallest absolute Gasteiger partial charge is 0.0949 e. The van der Waals surface area contributed by atoms with E-state index in [9.17, 15) is 0 Å². The lowest BCUT2D eigenvalue weighted by Crippen LogP contribution is -2.42. The van der Waals surface area contributed by atoms with E-state index < -0.39 is 0 Å². The molecule has 1 aromatic rings. The molecule has 0 bridgehead atoms. The van der Waals surface area contributed by atoms with Crippen LogP contribution >= 0.6 is 11.3 Å². The number of nitrogens with zero attached hydrogens (tertiary/aromatic N) is 1. The van der Waals surface area contributed by atoms with E-state index in [1.807, 2.05) is 0 Å². The topological polar surface area (TPSA) is 45.1 Å². The summed E-state index contributed by atoms with van der Waals surface area (Å²) in [5.41, 5.74) is 1.17. The van der Waals surface area contributed by atoms with Crippen LogP contribution in [0.15, 0.2) is 0 Å². The highest BCUT2D eigenvalue weighted by atomic mass is 32.1. The van der Waals surface area contributed by atoms with Crippen LogP contribution < -0.4 is 5.32 Å². The molecule has 0 saturated carbocycles. The summed E-state index contributed by atoms with van der Waals surface area (Å²) in [6, 6.07) is 0. The first-order valence-electron chi connectivity index (χ1n) is 5.79. The number of rotatable bonds is 6.